The van der Waals surface area contributed by atoms with Gasteiger partial charge in [0, 0.05) is 30.1 Å². The summed E-state index contributed by atoms with van der Waals surface area (Å²) in [6, 6.07) is 3.27. The van der Waals surface area contributed by atoms with Crippen LogP contribution < -0.4 is 5.56 Å². The topological polar surface area (TPSA) is 83.9 Å². The predicted octanol–water partition coefficient (Wildman–Crippen LogP) is 1.39. The molecule has 1 saturated heterocycles. The second-order valence-corrected chi connectivity index (χ2v) is 6.26. The SMILES string of the molecule is CC(C)c1cc(C(=O)N2CCC[C@H]2Cn2ccnn2)cc(=O)[nH]1. The van der Waals surface area contributed by atoms with Crippen molar-refractivity contribution in [3.8, 4) is 0 Å². The lowest BCUT2D eigenvalue weighted by atomic mass is 10.1. The van der Waals surface area contributed by atoms with E-state index in [2.05, 4.69) is 15.3 Å². The van der Waals surface area contributed by atoms with Crippen LogP contribution in [0.4, 0.5) is 0 Å². The molecule has 1 N–H and O–H groups in total. The summed E-state index contributed by atoms with van der Waals surface area (Å²) in [5.41, 5.74) is 1.02. The lowest BCUT2D eigenvalue weighted by molar-refractivity contribution is 0.0720. The van der Waals surface area contributed by atoms with E-state index in [1.807, 2.05) is 18.7 Å². The Bertz CT molecular complexity index is 735. The molecule has 0 aromatic carbocycles. The van der Waals surface area contributed by atoms with Crippen molar-refractivity contribution < 1.29 is 4.79 Å². The normalized spacial score (nSPS) is 17.9. The van der Waals surface area contributed by atoms with Gasteiger partial charge in [0.1, 0.15) is 0 Å². The first-order valence-corrected chi connectivity index (χ1v) is 7.94. The lowest BCUT2D eigenvalue weighted by Gasteiger charge is -2.24. The molecule has 7 heteroatoms. The largest absolute Gasteiger partial charge is 0.334 e. The molecular weight excluding hydrogens is 294 g/mol. The van der Waals surface area contributed by atoms with Crippen molar-refractivity contribution in [1.29, 1.82) is 0 Å². The Kier molecular flexibility index (Phi) is 4.27. The van der Waals surface area contributed by atoms with E-state index in [0.29, 0.717) is 18.7 Å². The first-order chi connectivity index (χ1) is 11.0. The minimum atomic E-state index is -0.230. The summed E-state index contributed by atoms with van der Waals surface area (Å²) < 4.78 is 1.74. The van der Waals surface area contributed by atoms with E-state index in [9.17, 15) is 9.59 Å². The molecule has 1 fully saturated rings. The van der Waals surface area contributed by atoms with Crippen LogP contribution in [0.15, 0.2) is 29.3 Å². The summed E-state index contributed by atoms with van der Waals surface area (Å²) in [5.74, 6) is 0.0839. The first-order valence-electron chi connectivity index (χ1n) is 7.94. The highest BCUT2D eigenvalue weighted by Gasteiger charge is 2.30. The van der Waals surface area contributed by atoms with E-state index in [0.717, 1.165) is 18.5 Å². The lowest BCUT2D eigenvalue weighted by Crippen LogP contribution is -2.38. The van der Waals surface area contributed by atoms with Gasteiger partial charge in [0.05, 0.1) is 18.8 Å². The van der Waals surface area contributed by atoms with Gasteiger partial charge in [-0.2, -0.15) is 0 Å². The van der Waals surface area contributed by atoms with E-state index >= 15 is 0 Å². The molecule has 1 atom stereocenters. The van der Waals surface area contributed by atoms with Gasteiger partial charge in [0.2, 0.25) is 5.56 Å². The van der Waals surface area contributed by atoms with Gasteiger partial charge in [-0.1, -0.05) is 19.1 Å². The van der Waals surface area contributed by atoms with Gasteiger partial charge in [-0.25, -0.2) is 0 Å². The van der Waals surface area contributed by atoms with Crippen LogP contribution >= 0.6 is 0 Å². The molecule has 0 aliphatic carbocycles. The Morgan fingerprint density at radius 1 is 1.43 bits per heavy atom. The Morgan fingerprint density at radius 3 is 2.96 bits per heavy atom. The summed E-state index contributed by atoms with van der Waals surface area (Å²) in [6.45, 7) is 5.32. The van der Waals surface area contributed by atoms with Crippen LogP contribution in [0.1, 0.15) is 48.7 Å². The van der Waals surface area contributed by atoms with Crippen molar-refractivity contribution in [3.05, 3.63) is 46.1 Å². The van der Waals surface area contributed by atoms with Crippen molar-refractivity contribution in [1.82, 2.24) is 24.9 Å². The second kappa shape index (κ2) is 6.36. The van der Waals surface area contributed by atoms with Crippen LogP contribution in [0.3, 0.4) is 0 Å². The van der Waals surface area contributed by atoms with Crippen molar-refractivity contribution in [2.24, 2.45) is 0 Å². The molecule has 2 aromatic heterocycles. The van der Waals surface area contributed by atoms with Gasteiger partial charge < -0.3 is 9.88 Å². The zero-order valence-corrected chi connectivity index (χ0v) is 13.4. The zero-order chi connectivity index (χ0) is 16.4. The van der Waals surface area contributed by atoms with Gasteiger partial charge in [-0.15, -0.1) is 5.10 Å². The number of rotatable bonds is 4. The molecule has 2 aromatic rings. The van der Waals surface area contributed by atoms with Crippen LogP contribution in [0.25, 0.3) is 0 Å². The molecule has 23 heavy (non-hydrogen) atoms. The number of H-pyrrole nitrogens is 1. The fourth-order valence-electron chi connectivity index (χ4n) is 3.00. The van der Waals surface area contributed by atoms with E-state index in [1.165, 1.54) is 6.07 Å². The van der Waals surface area contributed by atoms with Gasteiger partial charge in [-0.05, 0) is 24.8 Å². The quantitative estimate of drug-likeness (QED) is 0.924. The molecule has 0 radical (unpaired) electrons. The maximum atomic E-state index is 12.8. The number of carbonyl (C=O) groups is 1. The number of hydrogen-bond acceptors (Lipinski definition) is 4. The van der Waals surface area contributed by atoms with Crippen molar-refractivity contribution in [3.63, 3.8) is 0 Å². The molecule has 1 aliphatic heterocycles. The number of pyridine rings is 1. The minimum absolute atomic E-state index is 0.0828. The first kappa shape index (κ1) is 15.5. The predicted molar refractivity (Wildman–Crippen MR) is 85.2 cm³/mol. The molecular formula is C16H21N5O2. The summed E-state index contributed by atoms with van der Waals surface area (Å²) in [5, 5.41) is 7.77. The number of nitrogens with zero attached hydrogens (tertiary/aromatic N) is 4. The van der Waals surface area contributed by atoms with Gasteiger partial charge in [0.15, 0.2) is 0 Å². The van der Waals surface area contributed by atoms with Crippen LogP contribution in [0, 0.1) is 0 Å². The Balaban J connectivity index is 1.83. The average molecular weight is 315 g/mol. The molecule has 1 aliphatic rings. The number of likely N-dealkylation sites (tertiary alicyclic amines) is 1. The highest BCUT2D eigenvalue weighted by atomic mass is 16.2. The summed E-state index contributed by atoms with van der Waals surface area (Å²) in [6.07, 6.45) is 5.33. The van der Waals surface area contributed by atoms with Gasteiger partial charge in [-0.3, -0.25) is 14.3 Å². The number of carbonyl (C=O) groups excluding carboxylic acids is 1. The molecule has 3 rings (SSSR count). The summed E-state index contributed by atoms with van der Waals surface area (Å²) in [4.78, 5) is 29.3. The fraction of sp³-hybridized carbons (Fsp3) is 0.500. The molecule has 122 valence electrons. The van der Waals surface area contributed by atoms with Gasteiger partial charge >= 0.3 is 0 Å². The van der Waals surface area contributed by atoms with Crippen LogP contribution in [-0.2, 0) is 6.54 Å². The molecule has 0 saturated carbocycles. The fourth-order valence-corrected chi connectivity index (χ4v) is 3.00. The molecule has 7 nitrogen and oxygen atoms in total. The zero-order valence-electron chi connectivity index (χ0n) is 13.4. The van der Waals surface area contributed by atoms with Crippen molar-refractivity contribution in [2.75, 3.05) is 6.54 Å². The van der Waals surface area contributed by atoms with E-state index in [-0.39, 0.29) is 23.4 Å². The number of nitrogens with one attached hydrogen (secondary N) is 1. The number of aromatic amines is 1. The summed E-state index contributed by atoms with van der Waals surface area (Å²) in [7, 11) is 0. The molecule has 0 bridgehead atoms. The minimum Gasteiger partial charge on any atom is -0.334 e. The van der Waals surface area contributed by atoms with E-state index < -0.39 is 0 Å². The summed E-state index contributed by atoms with van der Waals surface area (Å²) >= 11 is 0. The standard InChI is InChI=1S/C16H21N5O2/c1-11(2)14-8-12(9-15(22)18-14)16(23)21-6-3-4-13(21)10-20-7-5-17-19-20/h5,7-9,11,13H,3-4,6,10H2,1-2H3,(H,18,22)/t13-/m0/s1. The van der Waals surface area contributed by atoms with E-state index in [1.54, 1.807) is 23.1 Å². The molecule has 0 spiro atoms. The van der Waals surface area contributed by atoms with E-state index in [4.69, 9.17) is 0 Å². The van der Waals surface area contributed by atoms with Crippen LogP contribution in [0.2, 0.25) is 0 Å². The molecule has 0 unspecified atom stereocenters. The molecule has 1 amide bonds. The third-order valence-electron chi connectivity index (χ3n) is 4.24. The number of aromatic nitrogens is 4. The Hall–Kier alpha value is -2.44. The monoisotopic (exact) mass is 315 g/mol. The third-order valence-corrected chi connectivity index (χ3v) is 4.24. The third kappa shape index (κ3) is 3.33. The number of hydrogen-bond donors (Lipinski definition) is 1. The Labute approximate surface area is 134 Å². The van der Waals surface area contributed by atoms with Crippen molar-refractivity contribution >= 4 is 5.91 Å². The maximum Gasteiger partial charge on any atom is 0.254 e. The average Bonchev–Trinajstić information content (AvgIpc) is 3.18. The Morgan fingerprint density at radius 2 is 2.26 bits per heavy atom. The molecule has 3 heterocycles. The van der Waals surface area contributed by atoms with Gasteiger partial charge in [0.25, 0.3) is 5.91 Å². The smallest absolute Gasteiger partial charge is 0.254 e. The van der Waals surface area contributed by atoms with Crippen molar-refractivity contribution in [2.45, 2.75) is 45.2 Å². The van der Waals surface area contributed by atoms with Crippen LogP contribution in [0.5, 0.6) is 0 Å². The highest BCUT2D eigenvalue weighted by molar-refractivity contribution is 5.94. The maximum absolute atomic E-state index is 12.8. The van der Waals surface area contributed by atoms with Crippen LogP contribution in [-0.4, -0.2) is 43.4 Å². The highest BCUT2D eigenvalue weighted by Crippen LogP contribution is 2.22. The number of amides is 1. The second-order valence-electron chi connectivity index (χ2n) is 6.26.